The molecule has 2 aromatic carbocycles. The van der Waals surface area contributed by atoms with Gasteiger partial charge in [0.1, 0.15) is 46.7 Å². The molecule has 0 radical (unpaired) electrons. The van der Waals surface area contributed by atoms with Gasteiger partial charge in [0, 0.05) is 11.6 Å². The van der Waals surface area contributed by atoms with Crippen molar-refractivity contribution in [1.29, 1.82) is 0 Å². The topological polar surface area (TPSA) is 100.0 Å². The number of nitrogens with zero attached hydrogens (tertiary/aromatic N) is 6. The van der Waals surface area contributed by atoms with E-state index < -0.39 is 29.3 Å². The number of benzene rings is 2. The molecule has 3 heterocycles. The average molecular weight is 529 g/mol. The summed E-state index contributed by atoms with van der Waals surface area (Å²) in [4.78, 5) is 21.8. The van der Waals surface area contributed by atoms with E-state index in [2.05, 4.69) is 15.1 Å². The minimum atomic E-state index is -1.99. The maximum atomic E-state index is 14.8. The molecule has 13 heteroatoms. The minimum Gasteiger partial charge on any atom is -0.495 e. The Labute approximate surface area is 211 Å². The quantitative estimate of drug-likeness (QED) is 0.323. The Hall–Kier alpha value is -3.81. The number of ether oxygens (including phenoxy) is 1. The molecule has 0 aliphatic rings. The monoisotopic (exact) mass is 528 g/mol. The normalized spacial score (nSPS) is 13.1. The molecule has 36 heavy (non-hydrogen) atoms. The molecule has 1 N–H and O–H groups in total. The van der Waals surface area contributed by atoms with Gasteiger partial charge in [-0.15, -0.1) is 0 Å². The molecular weight excluding hydrogens is 510 g/mol. The van der Waals surface area contributed by atoms with Crippen molar-refractivity contribution in [3.05, 3.63) is 93.0 Å². The standard InChI is InChI=1S/C23H18F2N6O3S2/c1-34-18-5-3-2-4-17(18)31-20-19(36-22(31)35)21(32)29(13-27-20)9-23(33,10-30-12-26-11-28-30)15-7-6-14(24)8-16(15)25/h2-8,11-13,33H,9-10H2,1H3. The van der Waals surface area contributed by atoms with Gasteiger partial charge in [-0.05, 0) is 30.4 Å². The fraction of sp³-hybridized carbons (Fsp3) is 0.174. The van der Waals surface area contributed by atoms with Crippen molar-refractivity contribution in [2.45, 2.75) is 18.7 Å². The molecule has 3 aromatic heterocycles. The van der Waals surface area contributed by atoms with Crippen molar-refractivity contribution in [3.63, 3.8) is 0 Å². The molecule has 0 fully saturated rings. The lowest BCUT2D eigenvalue weighted by molar-refractivity contribution is -0.00640. The number of aliphatic hydroxyl groups is 1. The van der Waals surface area contributed by atoms with E-state index >= 15 is 0 Å². The smallest absolute Gasteiger partial charge is 0.273 e. The molecule has 184 valence electrons. The number of aromatic nitrogens is 6. The number of para-hydroxylation sites is 2. The molecule has 5 aromatic rings. The molecule has 1 atom stereocenters. The van der Waals surface area contributed by atoms with Crippen molar-refractivity contribution in [1.82, 2.24) is 28.9 Å². The van der Waals surface area contributed by atoms with Gasteiger partial charge in [0.15, 0.2) is 9.60 Å². The first-order valence-corrected chi connectivity index (χ1v) is 11.8. The van der Waals surface area contributed by atoms with Crippen LogP contribution in [0.1, 0.15) is 5.56 Å². The van der Waals surface area contributed by atoms with Gasteiger partial charge in [-0.2, -0.15) is 5.10 Å². The van der Waals surface area contributed by atoms with Crippen molar-refractivity contribution in [3.8, 4) is 11.4 Å². The third-order valence-electron chi connectivity index (χ3n) is 5.64. The lowest BCUT2D eigenvalue weighted by Crippen LogP contribution is -2.40. The molecule has 0 aliphatic carbocycles. The summed E-state index contributed by atoms with van der Waals surface area (Å²) in [5.41, 5.74) is -1.73. The fourth-order valence-corrected chi connectivity index (χ4v) is 5.35. The molecule has 0 saturated carbocycles. The van der Waals surface area contributed by atoms with Crippen LogP contribution in [0.3, 0.4) is 0 Å². The summed E-state index contributed by atoms with van der Waals surface area (Å²) in [6.07, 6.45) is 3.86. The van der Waals surface area contributed by atoms with Crippen LogP contribution in [-0.2, 0) is 18.7 Å². The Bertz CT molecular complexity index is 1680. The van der Waals surface area contributed by atoms with E-state index in [-0.39, 0.29) is 16.8 Å². The number of rotatable bonds is 7. The van der Waals surface area contributed by atoms with Crippen molar-refractivity contribution in [2.24, 2.45) is 0 Å². The second kappa shape index (κ2) is 9.33. The number of halogens is 2. The van der Waals surface area contributed by atoms with Gasteiger partial charge in [0.2, 0.25) is 0 Å². The highest BCUT2D eigenvalue weighted by molar-refractivity contribution is 7.73. The van der Waals surface area contributed by atoms with E-state index in [0.29, 0.717) is 27.1 Å². The summed E-state index contributed by atoms with van der Waals surface area (Å²) in [5, 5.41) is 15.6. The van der Waals surface area contributed by atoms with Crippen LogP contribution in [0.15, 0.2) is 66.2 Å². The lowest BCUT2D eigenvalue weighted by Gasteiger charge is -2.29. The molecule has 0 aliphatic heterocycles. The lowest BCUT2D eigenvalue weighted by atomic mass is 9.92. The molecule has 5 rings (SSSR count). The van der Waals surface area contributed by atoms with E-state index in [9.17, 15) is 18.7 Å². The first-order valence-electron chi connectivity index (χ1n) is 10.6. The van der Waals surface area contributed by atoms with Crippen LogP contribution < -0.4 is 10.3 Å². The number of hydrogen-bond acceptors (Lipinski definition) is 8. The zero-order valence-electron chi connectivity index (χ0n) is 18.7. The zero-order chi connectivity index (χ0) is 25.4. The molecule has 0 spiro atoms. The molecule has 1 unspecified atom stereocenters. The molecule has 9 nitrogen and oxygen atoms in total. The van der Waals surface area contributed by atoms with Gasteiger partial charge < -0.3 is 9.84 Å². The predicted molar refractivity (Wildman–Crippen MR) is 131 cm³/mol. The second-order valence-corrected chi connectivity index (χ2v) is 9.60. The van der Waals surface area contributed by atoms with Crippen LogP contribution in [0.4, 0.5) is 8.78 Å². The van der Waals surface area contributed by atoms with E-state index in [1.165, 1.54) is 35.3 Å². The van der Waals surface area contributed by atoms with Crippen LogP contribution in [0, 0.1) is 15.6 Å². The molecular formula is C23H18F2N6O3S2. The number of methoxy groups -OCH3 is 1. The van der Waals surface area contributed by atoms with Crippen molar-refractivity contribution in [2.75, 3.05) is 7.11 Å². The van der Waals surface area contributed by atoms with E-state index in [0.717, 1.165) is 23.5 Å². The Morgan fingerprint density at radius 2 is 1.97 bits per heavy atom. The van der Waals surface area contributed by atoms with Crippen LogP contribution in [0.5, 0.6) is 5.75 Å². The highest BCUT2D eigenvalue weighted by atomic mass is 32.1. The molecule has 0 bridgehead atoms. The molecule has 0 amide bonds. The predicted octanol–water partition coefficient (Wildman–Crippen LogP) is 3.44. The van der Waals surface area contributed by atoms with Crippen molar-refractivity contribution >= 4 is 33.9 Å². The van der Waals surface area contributed by atoms with Gasteiger partial charge in [-0.3, -0.25) is 13.9 Å². The first-order chi connectivity index (χ1) is 17.3. The third-order valence-corrected chi connectivity index (χ3v) is 6.99. The number of fused-ring (bicyclic) bond motifs is 1. The number of thiazole rings is 1. The Balaban J connectivity index is 1.63. The van der Waals surface area contributed by atoms with Crippen molar-refractivity contribution < 1.29 is 18.6 Å². The summed E-state index contributed by atoms with van der Waals surface area (Å²) >= 11 is 6.58. The Morgan fingerprint density at radius 3 is 2.69 bits per heavy atom. The zero-order valence-corrected chi connectivity index (χ0v) is 20.3. The van der Waals surface area contributed by atoms with Crippen LogP contribution >= 0.6 is 23.6 Å². The SMILES string of the molecule is COc1ccccc1-n1c(=S)sc2c(=O)n(CC(O)(Cn3cncn3)c3ccc(F)cc3F)cnc21. The van der Waals surface area contributed by atoms with Crippen LogP contribution in [0.2, 0.25) is 0 Å². The summed E-state index contributed by atoms with van der Waals surface area (Å²) in [6, 6.07) is 10.0. The highest BCUT2D eigenvalue weighted by Crippen LogP contribution is 2.31. The first kappa shape index (κ1) is 23.9. The summed E-state index contributed by atoms with van der Waals surface area (Å²) < 4.78 is 38.5. The maximum absolute atomic E-state index is 14.8. The maximum Gasteiger partial charge on any atom is 0.273 e. The van der Waals surface area contributed by atoms with Gasteiger partial charge in [-0.1, -0.05) is 29.5 Å². The van der Waals surface area contributed by atoms with Gasteiger partial charge >= 0.3 is 0 Å². The summed E-state index contributed by atoms with van der Waals surface area (Å²) in [6.45, 7) is -0.644. The van der Waals surface area contributed by atoms with Crippen LogP contribution in [0.25, 0.3) is 16.0 Å². The van der Waals surface area contributed by atoms with Gasteiger partial charge in [0.25, 0.3) is 5.56 Å². The van der Waals surface area contributed by atoms with E-state index in [1.54, 1.807) is 16.7 Å². The number of hydrogen-bond donors (Lipinski definition) is 1. The average Bonchev–Trinajstić information content (AvgIpc) is 3.48. The van der Waals surface area contributed by atoms with E-state index in [4.69, 9.17) is 17.0 Å². The van der Waals surface area contributed by atoms with Gasteiger partial charge in [-0.25, -0.2) is 23.4 Å². The Kier molecular flexibility index (Phi) is 6.20. The fourth-order valence-electron chi connectivity index (χ4n) is 4.02. The second-order valence-electron chi connectivity index (χ2n) is 7.95. The summed E-state index contributed by atoms with van der Waals surface area (Å²) in [5.74, 6) is -1.21. The van der Waals surface area contributed by atoms with E-state index in [1.807, 2.05) is 12.1 Å². The Morgan fingerprint density at radius 1 is 1.17 bits per heavy atom. The van der Waals surface area contributed by atoms with Gasteiger partial charge in [0.05, 0.1) is 25.9 Å². The van der Waals surface area contributed by atoms with Crippen LogP contribution in [-0.4, -0.2) is 41.1 Å². The third kappa shape index (κ3) is 4.21. The molecule has 0 saturated heterocycles. The highest BCUT2D eigenvalue weighted by Gasteiger charge is 2.35. The minimum absolute atomic E-state index is 0.203. The largest absolute Gasteiger partial charge is 0.495 e. The summed E-state index contributed by atoms with van der Waals surface area (Å²) in [7, 11) is 1.53.